The predicted molar refractivity (Wildman–Crippen MR) is 66.6 cm³/mol. The smallest absolute Gasteiger partial charge is 0.399 e. The number of rotatable bonds is 2. The SMILES string of the molecule is [2H]C1([2H])COCCN(C(c2cc(N)ccc2F)C(F)(F)F)C1. The van der Waals surface area contributed by atoms with E-state index in [0.717, 1.165) is 17.0 Å². The molecule has 0 radical (unpaired) electrons. The lowest BCUT2D eigenvalue weighted by Crippen LogP contribution is -2.40. The van der Waals surface area contributed by atoms with Gasteiger partial charge in [0.15, 0.2) is 0 Å². The first-order chi connectivity index (χ1) is 10.1. The van der Waals surface area contributed by atoms with Gasteiger partial charge in [0.1, 0.15) is 11.9 Å². The van der Waals surface area contributed by atoms with Gasteiger partial charge in [-0.25, -0.2) is 4.39 Å². The second kappa shape index (κ2) is 5.97. The molecule has 0 amide bonds. The summed E-state index contributed by atoms with van der Waals surface area (Å²) in [4.78, 5) is 0.852. The van der Waals surface area contributed by atoms with Crippen LogP contribution in [0.15, 0.2) is 18.2 Å². The minimum absolute atomic E-state index is 0.0136. The van der Waals surface area contributed by atoms with Crippen LogP contribution in [0.5, 0.6) is 0 Å². The van der Waals surface area contributed by atoms with E-state index in [-0.39, 0.29) is 25.4 Å². The van der Waals surface area contributed by atoms with E-state index >= 15 is 0 Å². The molecule has 2 rings (SSSR count). The van der Waals surface area contributed by atoms with Crippen molar-refractivity contribution in [3.8, 4) is 0 Å². The third-order valence-electron chi connectivity index (χ3n) is 3.03. The van der Waals surface area contributed by atoms with Crippen molar-refractivity contribution >= 4 is 5.69 Å². The van der Waals surface area contributed by atoms with Crippen LogP contribution in [0.1, 0.15) is 20.7 Å². The summed E-state index contributed by atoms with van der Waals surface area (Å²) >= 11 is 0. The number of alkyl halides is 3. The highest BCUT2D eigenvalue weighted by Crippen LogP contribution is 2.39. The summed E-state index contributed by atoms with van der Waals surface area (Å²) in [6, 6.07) is 0.728. The molecule has 20 heavy (non-hydrogen) atoms. The quantitative estimate of drug-likeness (QED) is 0.673. The number of hydrogen-bond acceptors (Lipinski definition) is 3. The number of benzene rings is 1. The molecule has 7 heteroatoms. The Morgan fingerprint density at radius 1 is 1.30 bits per heavy atom. The third kappa shape index (κ3) is 3.40. The summed E-state index contributed by atoms with van der Waals surface area (Å²) in [7, 11) is 0. The molecule has 1 aromatic rings. The fourth-order valence-electron chi connectivity index (χ4n) is 2.17. The number of nitrogen functional groups attached to an aromatic ring is 1. The Morgan fingerprint density at radius 2 is 2.05 bits per heavy atom. The van der Waals surface area contributed by atoms with E-state index < -0.39 is 36.5 Å². The highest BCUT2D eigenvalue weighted by molar-refractivity contribution is 5.43. The number of hydrogen-bond donors (Lipinski definition) is 1. The van der Waals surface area contributed by atoms with Gasteiger partial charge in [0.2, 0.25) is 0 Å². The van der Waals surface area contributed by atoms with Gasteiger partial charge in [-0.3, -0.25) is 4.90 Å². The maximum Gasteiger partial charge on any atom is 0.408 e. The second-order valence-corrected chi connectivity index (χ2v) is 4.50. The molecule has 2 N–H and O–H groups in total. The number of nitrogens with zero attached hydrogens (tertiary/aromatic N) is 1. The van der Waals surface area contributed by atoms with Gasteiger partial charge in [0.25, 0.3) is 0 Å². The average Bonchev–Trinajstić information content (AvgIpc) is 2.53. The molecule has 0 spiro atoms. The van der Waals surface area contributed by atoms with Crippen LogP contribution in [0.2, 0.25) is 0 Å². The van der Waals surface area contributed by atoms with Gasteiger partial charge in [-0.05, 0) is 24.6 Å². The van der Waals surface area contributed by atoms with Crippen molar-refractivity contribution in [2.45, 2.75) is 18.6 Å². The lowest BCUT2D eigenvalue weighted by Gasteiger charge is -2.32. The maximum atomic E-state index is 13.9. The number of anilines is 1. The Kier molecular flexibility index (Phi) is 3.70. The molecule has 0 aliphatic carbocycles. The van der Waals surface area contributed by atoms with Gasteiger partial charge in [-0.2, -0.15) is 13.2 Å². The molecule has 1 atom stereocenters. The number of nitrogens with two attached hydrogens (primary N) is 1. The fraction of sp³-hybridized carbons (Fsp3) is 0.538. The normalized spacial score (nSPS) is 23.6. The zero-order valence-corrected chi connectivity index (χ0v) is 10.6. The zero-order chi connectivity index (χ0) is 16.5. The molecular formula is C13H16F4N2O. The van der Waals surface area contributed by atoms with Crippen molar-refractivity contribution in [1.29, 1.82) is 0 Å². The molecule has 112 valence electrons. The van der Waals surface area contributed by atoms with Crippen LogP contribution in [0.4, 0.5) is 23.2 Å². The second-order valence-electron chi connectivity index (χ2n) is 4.50. The Labute approximate surface area is 117 Å². The van der Waals surface area contributed by atoms with Crippen LogP contribution in [0.25, 0.3) is 0 Å². The van der Waals surface area contributed by atoms with E-state index in [1.54, 1.807) is 0 Å². The minimum atomic E-state index is -4.77. The highest BCUT2D eigenvalue weighted by Gasteiger charge is 2.46. The number of halogens is 4. The molecule has 1 heterocycles. The number of ether oxygens (including phenoxy) is 1. The zero-order valence-electron chi connectivity index (χ0n) is 12.6. The molecule has 0 aromatic heterocycles. The van der Waals surface area contributed by atoms with Crippen LogP contribution in [0.3, 0.4) is 0 Å². The Balaban J connectivity index is 2.44. The van der Waals surface area contributed by atoms with Crippen molar-refractivity contribution in [2.24, 2.45) is 0 Å². The summed E-state index contributed by atoms with van der Waals surface area (Å²) < 4.78 is 74.6. The molecule has 1 fully saturated rings. The van der Waals surface area contributed by atoms with Gasteiger partial charge in [-0.1, -0.05) is 0 Å². The summed E-state index contributed by atoms with van der Waals surface area (Å²) in [6.45, 7) is -1.02. The fourth-order valence-corrected chi connectivity index (χ4v) is 2.17. The molecule has 0 saturated carbocycles. The van der Waals surface area contributed by atoms with Crippen molar-refractivity contribution < 1.29 is 25.0 Å². The third-order valence-corrected chi connectivity index (χ3v) is 3.03. The summed E-state index contributed by atoms with van der Waals surface area (Å²) in [6.07, 6.45) is -6.72. The molecular weight excluding hydrogens is 276 g/mol. The van der Waals surface area contributed by atoms with Crippen molar-refractivity contribution in [2.75, 3.05) is 32.0 Å². The molecule has 3 nitrogen and oxygen atoms in total. The van der Waals surface area contributed by atoms with Gasteiger partial charge in [0, 0.05) is 33.7 Å². The van der Waals surface area contributed by atoms with Crippen LogP contribution >= 0.6 is 0 Å². The van der Waals surface area contributed by atoms with E-state index in [1.165, 1.54) is 6.07 Å². The van der Waals surface area contributed by atoms with Crippen LogP contribution in [-0.2, 0) is 4.74 Å². The van der Waals surface area contributed by atoms with Gasteiger partial charge in [0.05, 0.1) is 6.61 Å². The van der Waals surface area contributed by atoms with Crippen LogP contribution in [0, 0.1) is 5.82 Å². The van der Waals surface area contributed by atoms with E-state index in [9.17, 15) is 17.6 Å². The minimum Gasteiger partial charge on any atom is -0.399 e. The highest BCUT2D eigenvalue weighted by atomic mass is 19.4. The maximum absolute atomic E-state index is 13.9. The monoisotopic (exact) mass is 294 g/mol. The largest absolute Gasteiger partial charge is 0.408 e. The van der Waals surface area contributed by atoms with E-state index in [0.29, 0.717) is 0 Å². The van der Waals surface area contributed by atoms with Gasteiger partial charge < -0.3 is 10.5 Å². The Bertz CT molecular complexity index is 539. The molecule has 1 unspecified atom stereocenters. The summed E-state index contributed by atoms with van der Waals surface area (Å²) in [5, 5.41) is 0. The lowest BCUT2D eigenvalue weighted by molar-refractivity contribution is -0.187. The lowest BCUT2D eigenvalue weighted by atomic mass is 10.0. The average molecular weight is 294 g/mol. The summed E-state index contributed by atoms with van der Waals surface area (Å²) in [5.41, 5.74) is 4.88. The Hall–Kier alpha value is -1.34. The van der Waals surface area contributed by atoms with Crippen LogP contribution in [-0.4, -0.2) is 37.4 Å². The van der Waals surface area contributed by atoms with E-state index in [1.807, 2.05) is 0 Å². The van der Waals surface area contributed by atoms with E-state index in [2.05, 4.69) is 0 Å². The first kappa shape index (κ1) is 12.4. The first-order valence-electron chi connectivity index (χ1n) is 7.04. The van der Waals surface area contributed by atoms with Gasteiger partial charge >= 0.3 is 6.18 Å². The van der Waals surface area contributed by atoms with Crippen molar-refractivity contribution in [3.63, 3.8) is 0 Å². The molecule has 1 aliphatic heterocycles. The standard InChI is InChI=1S/C13H16F4N2O/c14-11-3-2-9(18)8-10(11)12(13(15,16)17)19-4-1-6-20-7-5-19/h2-3,8,12H,1,4-7,18H2/i1D2. The first-order valence-corrected chi connectivity index (χ1v) is 6.04. The summed E-state index contributed by atoms with van der Waals surface area (Å²) in [5.74, 6) is -1.03. The molecule has 1 saturated heterocycles. The van der Waals surface area contributed by atoms with Crippen molar-refractivity contribution in [1.82, 2.24) is 4.90 Å². The molecule has 1 aromatic carbocycles. The Morgan fingerprint density at radius 3 is 2.75 bits per heavy atom. The predicted octanol–water partition coefficient (Wildman–Crippen LogP) is 2.73. The van der Waals surface area contributed by atoms with E-state index in [4.69, 9.17) is 13.2 Å². The topological polar surface area (TPSA) is 38.5 Å². The molecule has 1 aliphatic rings. The molecule has 0 bridgehead atoms. The van der Waals surface area contributed by atoms with Crippen LogP contribution < -0.4 is 5.73 Å². The van der Waals surface area contributed by atoms with Gasteiger partial charge in [-0.15, -0.1) is 0 Å². The van der Waals surface area contributed by atoms with Crippen molar-refractivity contribution in [3.05, 3.63) is 29.6 Å².